The fraction of sp³-hybridized carbons (Fsp3) is 0.250. The molecule has 4 N–H and O–H groups in total. The number of pyridine rings is 1. The highest BCUT2D eigenvalue weighted by molar-refractivity contribution is 6.06. The molecule has 0 unspecified atom stereocenters. The number of rotatable bonds is 4. The Balaban J connectivity index is 2.18. The molecule has 0 atom stereocenters. The van der Waals surface area contributed by atoms with E-state index in [2.05, 4.69) is 10.3 Å². The SMILES string of the molecule is COc1ccc(-c2c(C#N)c(N)[nH]c(=O)c2C#N)cc1CN1C(=O)NC(C)(C)C1=O. The second-order valence-electron chi connectivity index (χ2n) is 7.19. The second kappa shape index (κ2) is 7.26. The van der Waals surface area contributed by atoms with Gasteiger partial charge in [0.1, 0.15) is 40.4 Å². The van der Waals surface area contributed by atoms with Crippen LogP contribution < -0.4 is 21.3 Å². The van der Waals surface area contributed by atoms with Crippen LogP contribution >= 0.6 is 0 Å². The number of carbonyl (C=O) groups excluding carboxylic acids is 2. The number of nitrogens with two attached hydrogens (primary N) is 1. The van der Waals surface area contributed by atoms with Crippen LogP contribution in [0.2, 0.25) is 0 Å². The van der Waals surface area contributed by atoms with Gasteiger partial charge in [0.25, 0.3) is 11.5 Å². The minimum absolute atomic E-state index is 0.0570. The molecule has 1 fully saturated rings. The molecule has 0 saturated carbocycles. The fourth-order valence-electron chi connectivity index (χ4n) is 3.32. The van der Waals surface area contributed by atoms with Crippen molar-refractivity contribution in [1.29, 1.82) is 10.5 Å². The lowest BCUT2D eigenvalue weighted by Gasteiger charge is -2.18. The summed E-state index contributed by atoms with van der Waals surface area (Å²) < 4.78 is 5.34. The number of nitrogen functional groups attached to an aromatic ring is 1. The maximum absolute atomic E-state index is 12.5. The molecular weight excluding hydrogens is 388 g/mol. The van der Waals surface area contributed by atoms with Crippen molar-refractivity contribution in [3.05, 3.63) is 45.2 Å². The molecule has 2 heterocycles. The number of H-pyrrole nitrogens is 1. The van der Waals surface area contributed by atoms with Gasteiger partial charge in [0.15, 0.2) is 0 Å². The number of aromatic amines is 1. The van der Waals surface area contributed by atoms with E-state index in [1.54, 1.807) is 38.1 Å². The molecule has 1 saturated heterocycles. The first-order valence-electron chi connectivity index (χ1n) is 8.82. The number of nitrogens with zero attached hydrogens (tertiary/aromatic N) is 3. The summed E-state index contributed by atoms with van der Waals surface area (Å²) in [5.41, 5.74) is 4.55. The number of carbonyl (C=O) groups is 2. The average molecular weight is 406 g/mol. The molecular formula is C20H18N6O4. The Hall–Kier alpha value is -4.31. The lowest BCUT2D eigenvalue weighted by atomic mass is 9.95. The molecule has 1 aromatic heterocycles. The first-order valence-corrected chi connectivity index (χ1v) is 8.82. The second-order valence-corrected chi connectivity index (χ2v) is 7.19. The van der Waals surface area contributed by atoms with Crippen molar-refractivity contribution >= 4 is 17.8 Å². The number of methoxy groups -OCH3 is 1. The van der Waals surface area contributed by atoms with Crippen LogP contribution in [0.15, 0.2) is 23.0 Å². The van der Waals surface area contributed by atoms with Gasteiger partial charge in [0.2, 0.25) is 0 Å². The number of anilines is 1. The van der Waals surface area contributed by atoms with Crippen molar-refractivity contribution in [3.8, 4) is 29.0 Å². The van der Waals surface area contributed by atoms with Gasteiger partial charge in [0, 0.05) is 11.1 Å². The zero-order valence-electron chi connectivity index (χ0n) is 16.5. The molecule has 0 radical (unpaired) electrons. The quantitative estimate of drug-likeness (QED) is 0.642. The van der Waals surface area contributed by atoms with E-state index in [-0.39, 0.29) is 29.1 Å². The number of amides is 3. The molecule has 1 aliphatic rings. The van der Waals surface area contributed by atoms with Crippen LogP contribution in [-0.4, -0.2) is 34.5 Å². The number of aromatic nitrogens is 1. The van der Waals surface area contributed by atoms with E-state index in [0.717, 1.165) is 4.90 Å². The number of urea groups is 1. The summed E-state index contributed by atoms with van der Waals surface area (Å²) in [6.07, 6.45) is 0. The van der Waals surface area contributed by atoms with Crippen molar-refractivity contribution in [3.63, 3.8) is 0 Å². The molecule has 0 bridgehead atoms. The summed E-state index contributed by atoms with van der Waals surface area (Å²) in [5, 5.41) is 21.6. The van der Waals surface area contributed by atoms with Crippen molar-refractivity contribution < 1.29 is 14.3 Å². The summed E-state index contributed by atoms with van der Waals surface area (Å²) in [5.74, 6) is -0.181. The van der Waals surface area contributed by atoms with Crippen molar-refractivity contribution in [1.82, 2.24) is 15.2 Å². The topological polar surface area (TPSA) is 165 Å². The van der Waals surface area contributed by atoms with Gasteiger partial charge >= 0.3 is 6.03 Å². The van der Waals surface area contributed by atoms with Gasteiger partial charge in [-0.25, -0.2) is 4.79 Å². The first kappa shape index (κ1) is 20.4. The monoisotopic (exact) mass is 406 g/mol. The number of nitrogens with one attached hydrogen (secondary N) is 2. The van der Waals surface area contributed by atoms with Crippen LogP contribution in [0.1, 0.15) is 30.5 Å². The van der Waals surface area contributed by atoms with Crippen LogP contribution in [-0.2, 0) is 11.3 Å². The average Bonchev–Trinajstić information content (AvgIpc) is 2.89. The maximum atomic E-state index is 12.5. The summed E-state index contributed by atoms with van der Waals surface area (Å²) in [4.78, 5) is 40.3. The fourth-order valence-corrected chi connectivity index (χ4v) is 3.32. The van der Waals surface area contributed by atoms with E-state index in [0.29, 0.717) is 16.9 Å². The van der Waals surface area contributed by atoms with Gasteiger partial charge in [-0.1, -0.05) is 6.07 Å². The van der Waals surface area contributed by atoms with E-state index in [4.69, 9.17) is 10.5 Å². The van der Waals surface area contributed by atoms with E-state index < -0.39 is 23.0 Å². The Morgan fingerprint density at radius 1 is 1.17 bits per heavy atom. The van der Waals surface area contributed by atoms with Crippen LogP contribution in [0.3, 0.4) is 0 Å². The van der Waals surface area contributed by atoms with Gasteiger partial charge in [-0.3, -0.25) is 14.5 Å². The van der Waals surface area contributed by atoms with Gasteiger partial charge in [-0.2, -0.15) is 10.5 Å². The van der Waals surface area contributed by atoms with Crippen molar-refractivity contribution in [2.45, 2.75) is 25.9 Å². The molecule has 3 amide bonds. The summed E-state index contributed by atoms with van der Waals surface area (Å²) in [6, 6.07) is 7.84. The number of nitriles is 2. The summed E-state index contributed by atoms with van der Waals surface area (Å²) in [6.45, 7) is 3.09. The number of benzene rings is 1. The maximum Gasteiger partial charge on any atom is 0.325 e. The predicted octanol–water partition coefficient (Wildman–Crippen LogP) is 1.21. The Labute approximate surface area is 171 Å². The third kappa shape index (κ3) is 3.20. The molecule has 3 rings (SSSR count). The number of hydrogen-bond donors (Lipinski definition) is 3. The highest BCUT2D eigenvalue weighted by Crippen LogP contribution is 2.33. The molecule has 2 aromatic rings. The van der Waals surface area contributed by atoms with Gasteiger partial charge < -0.3 is 20.8 Å². The Kier molecular flexibility index (Phi) is 4.94. The van der Waals surface area contributed by atoms with Crippen molar-refractivity contribution in [2.24, 2.45) is 0 Å². The summed E-state index contributed by atoms with van der Waals surface area (Å²) in [7, 11) is 1.43. The molecule has 1 aromatic carbocycles. The van der Waals surface area contributed by atoms with Gasteiger partial charge in [-0.05, 0) is 31.5 Å². The lowest BCUT2D eigenvalue weighted by molar-refractivity contribution is -0.130. The Morgan fingerprint density at radius 2 is 1.83 bits per heavy atom. The predicted molar refractivity (Wildman–Crippen MR) is 106 cm³/mol. The van der Waals surface area contributed by atoms with Crippen LogP contribution in [0.25, 0.3) is 11.1 Å². The summed E-state index contributed by atoms with van der Waals surface area (Å²) >= 11 is 0. The zero-order valence-corrected chi connectivity index (χ0v) is 16.5. The smallest absolute Gasteiger partial charge is 0.325 e. The third-order valence-corrected chi connectivity index (χ3v) is 4.81. The highest BCUT2D eigenvalue weighted by atomic mass is 16.5. The number of ether oxygens (including phenoxy) is 1. The lowest BCUT2D eigenvalue weighted by Crippen LogP contribution is -2.40. The van der Waals surface area contributed by atoms with Gasteiger partial charge in [0.05, 0.1) is 13.7 Å². The molecule has 10 heteroatoms. The molecule has 1 aliphatic heterocycles. The first-order chi connectivity index (χ1) is 14.1. The zero-order chi connectivity index (χ0) is 22.2. The third-order valence-electron chi connectivity index (χ3n) is 4.81. The normalized spacial score (nSPS) is 14.8. The van der Waals surface area contributed by atoms with E-state index >= 15 is 0 Å². The standard InChI is InChI=1S/C20H18N6O4/c1-20(2)18(28)26(19(29)25-20)9-11-6-10(4-5-14(11)30-3)15-12(7-21)16(23)24-17(27)13(15)8-22/h4-6H,9H2,1-3H3,(H,25,29)(H3,23,24,27). The van der Waals surface area contributed by atoms with E-state index in [1.165, 1.54) is 7.11 Å². The molecule has 30 heavy (non-hydrogen) atoms. The minimum atomic E-state index is -1.04. The van der Waals surface area contributed by atoms with Crippen LogP contribution in [0.4, 0.5) is 10.6 Å². The highest BCUT2D eigenvalue weighted by Gasteiger charge is 2.44. The molecule has 152 valence electrons. The van der Waals surface area contributed by atoms with E-state index in [1.807, 2.05) is 6.07 Å². The van der Waals surface area contributed by atoms with Crippen LogP contribution in [0.5, 0.6) is 5.75 Å². The largest absolute Gasteiger partial charge is 0.496 e. The minimum Gasteiger partial charge on any atom is -0.496 e. The Morgan fingerprint density at radius 3 is 2.37 bits per heavy atom. The van der Waals surface area contributed by atoms with Crippen LogP contribution in [0, 0.1) is 22.7 Å². The van der Waals surface area contributed by atoms with E-state index in [9.17, 15) is 24.9 Å². The molecule has 0 aliphatic carbocycles. The molecule has 10 nitrogen and oxygen atoms in total. The number of imide groups is 1. The number of hydrogen-bond acceptors (Lipinski definition) is 7. The molecule has 0 spiro atoms. The van der Waals surface area contributed by atoms with Gasteiger partial charge in [-0.15, -0.1) is 0 Å². The Bertz CT molecular complexity index is 1220. The van der Waals surface area contributed by atoms with Crippen molar-refractivity contribution in [2.75, 3.05) is 12.8 Å².